The van der Waals surface area contributed by atoms with Gasteiger partial charge in [-0.05, 0) is 31.5 Å². The van der Waals surface area contributed by atoms with Gasteiger partial charge in [-0.15, -0.1) is 0 Å². The Morgan fingerprint density at radius 2 is 2.00 bits per heavy atom. The van der Waals surface area contributed by atoms with E-state index < -0.39 is 11.0 Å². The molecule has 1 amide bonds. The first kappa shape index (κ1) is 19.5. The largest absolute Gasteiger partial charge is 0.378 e. The monoisotopic (exact) mass is 372 g/mol. The summed E-state index contributed by atoms with van der Waals surface area (Å²) in [6.45, 7) is 9.57. The van der Waals surface area contributed by atoms with Crippen molar-refractivity contribution < 1.29 is 9.53 Å². The molecular formula is C18H26Cl2N2O2. The second kappa shape index (κ2) is 7.20. The molecule has 6 heteroatoms. The Kier molecular flexibility index (Phi) is 5.86. The van der Waals surface area contributed by atoms with Crippen LogP contribution < -0.4 is 5.73 Å². The zero-order valence-electron chi connectivity index (χ0n) is 14.7. The number of amides is 1. The molecule has 2 atom stereocenters. The molecule has 0 aliphatic heterocycles. The number of ether oxygens (including phenoxy) is 1. The molecule has 2 unspecified atom stereocenters. The van der Waals surface area contributed by atoms with E-state index in [1.807, 2.05) is 33.8 Å². The molecule has 1 fully saturated rings. The van der Waals surface area contributed by atoms with Gasteiger partial charge in [0.1, 0.15) is 5.54 Å². The third kappa shape index (κ3) is 3.30. The molecule has 24 heavy (non-hydrogen) atoms. The van der Waals surface area contributed by atoms with E-state index in [9.17, 15) is 4.79 Å². The van der Waals surface area contributed by atoms with Crippen LogP contribution in [0, 0.1) is 5.41 Å². The highest BCUT2D eigenvalue weighted by Crippen LogP contribution is 2.50. The summed E-state index contributed by atoms with van der Waals surface area (Å²) in [5, 5.41) is 0.991. The smallest absolute Gasteiger partial charge is 0.243 e. The Balaban J connectivity index is 2.15. The Labute approximate surface area is 154 Å². The van der Waals surface area contributed by atoms with Gasteiger partial charge in [0.2, 0.25) is 5.91 Å². The minimum Gasteiger partial charge on any atom is -0.378 e. The third-order valence-electron chi connectivity index (χ3n) is 5.24. The average Bonchev–Trinajstić information content (AvgIpc) is 2.54. The maximum absolute atomic E-state index is 13.1. The first-order valence-corrected chi connectivity index (χ1v) is 9.06. The number of likely N-dealkylation sites (N-methyl/N-ethyl adjacent to an activating group) is 1. The van der Waals surface area contributed by atoms with Crippen LogP contribution in [-0.2, 0) is 16.1 Å². The van der Waals surface area contributed by atoms with Crippen molar-refractivity contribution in [1.29, 1.82) is 0 Å². The lowest BCUT2D eigenvalue weighted by atomic mass is 9.54. The fraction of sp³-hybridized carbons (Fsp3) is 0.611. The zero-order valence-corrected chi connectivity index (χ0v) is 16.2. The SMILES string of the molecule is CCOC1CC(N)(C(=O)N(CC)Cc2ccc(Cl)c(Cl)c2)C1(C)C. The molecule has 4 nitrogen and oxygen atoms in total. The van der Waals surface area contributed by atoms with Gasteiger partial charge in [0.15, 0.2) is 0 Å². The highest BCUT2D eigenvalue weighted by atomic mass is 35.5. The van der Waals surface area contributed by atoms with Crippen molar-refractivity contribution in [1.82, 2.24) is 4.90 Å². The van der Waals surface area contributed by atoms with Gasteiger partial charge in [-0.1, -0.05) is 43.1 Å². The Morgan fingerprint density at radius 1 is 1.33 bits per heavy atom. The minimum absolute atomic E-state index is 0.0140. The molecule has 0 radical (unpaired) electrons. The second-order valence-electron chi connectivity index (χ2n) is 6.91. The van der Waals surface area contributed by atoms with E-state index in [4.69, 9.17) is 33.7 Å². The van der Waals surface area contributed by atoms with Crippen LogP contribution in [0.25, 0.3) is 0 Å². The molecular weight excluding hydrogens is 347 g/mol. The van der Waals surface area contributed by atoms with Gasteiger partial charge >= 0.3 is 0 Å². The molecule has 1 saturated carbocycles. The van der Waals surface area contributed by atoms with Crippen molar-refractivity contribution in [2.24, 2.45) is 11.1 Å². The molecule has 0 bridgehead atoms. The minimum atomic E-state index is -0.904. The fourth-order valence-corrected chi connectivity index (χ4v) is 3.59. The molecule has 1 aromatic carbocycles. The predicted molar refractivity (Wildman–Crippen MR) is 98.3 cm³/mol. The van der Waals surface area contributed by atoms with Gasteiger partial charge in [-0.3, -0.25) is 4.79 Å². The van der Waals surface area contributed by atoms with Gasteiger partial charge in [0, 0.05) is 31.5 Å². The summed E-state index contributed by atoms with van der Waals surface area (Å²) in [6.07, 6.45) is 0.560. The van der Waals surface area contributed by atoms with Crippen LogP contribution in [0.2, 0.25) is 10.0 Å². The van der Waals surface area contributed by atoms with Crippen LogP contribution in [0.3, 0.4) is 0 Å². The van der Waals surface area contributed by atoms with E-state index in [-0.39, 0.29) is 12.0 Å². The number of nitrogens with zero attached hydrogens (tertiary/aromatic N) is 1. The lowest BCUT2D eigenvalue weighted by molar-refractivity contribution is -0.179. The molecule has 0 heterocycles. The number of hydrogen-bond acceptors (Lipinski definition) is 3. The summed E-state index contributed by atoms with van der Waals surface area (Å²) in [7, 11) is 0. The van der Waals surface area contributed by atoms with Crippen LogP contribution in [0.4, 0.5) is 0 Å². The number of carbonyl (C=O) groups is 1. The molecule has 0 saturated heterocycles. The first-order valence-electron chi connectivity index (χ1n) is 8.31. The predicted octanol–water partition coefficient (Wildman–Crippen LogP) is 3.87. The van der Waals surface area contributed by atoms with Crippen LogP contribution >= 0.6 is 23.2 Å². The van der Waals surface area contributed by atoms with Crippen molar-refractivity contribution in [2.75, 3.05) is 13.2 Å². The van der Waals surface area contributed by atoms with E-state index >= 15 is 0 Å². The molecule has 2 N–H and O–H groups in total. The molecule has 1 aliphatic rings. The summed E-state index contributed by atoms with van der Waals surface area (Å²) in [5.74, 6) is -0.0444. The van der Waals surface area contributed by atoms with Crippen molar-refractivity contribution in [3.63, 3.8) is 0 Å². The number of hydrogen-bond donors (Lipinski definition) is 1. The number of halogens is 2. The average molecular weight is 373 g/mol. The van der Waals surface area contributed by atoms with Crippen LogP contribution in [-0.4, -0.2) is 35.6 Å². The summed E-state index contributed by atoms with van der Waals surface area (Å²) >= 11 is 12.0. The van der Waals surface area contributed by atoms with Gasteiger partial charge in [-0.25, -0.2) is 0 Å². The first-order chi connectivity index (χ1) is 11.2. The number of carbonyl (C=O) groups excluding carboxylic acids is 1. The zero-order chi connectivity index (χ0) is 18.1. The maximum Gasteiger partial charge on any atom is 0.243 e. The van der Waals surface area contributed by atoms with Crippen LogP contribution in [0.15, 0.2) is 18.2 Å². The van der Waals surface area contributed by atoms with Gasteiger partial charge in [0.25, 0.3) is 0 Å². The van der Waals surface area contributed by atoms with Crippen LogP contribution in [0.1, 0.15) is 39.7 Å². The van der Waals surface area contributed by atoms with E-state index in [1.165, 1.54) is 0 Å². The van der Waals surface area contributed by atoms with E-state index in [0.29, 0.717) is 36.2 Å². The molecule has 1 aliphatic carbocycles. The van der Waals surface area contributed by atoms with Crippen LogP contribution in [0.5, 0.6) is 0 Å². The van der Waals surface area contributed by atoms with Gasteiger partial charge in [0.05, 0.1) is 16.1 Å². The molecule has 2 rings (SSSR count). The van der Waals surface area contributed by atoms with E-state index in [2.05, 4.69) is 0 Å². The summed E-state index contributed by atoms with van der Waals surface area (Å²) < 4.78 is 5.72. The number of nitrogens with two attached hydrogens (primary N) is 1. The van der Waals surface area contributed by atoms with Crippen molar-refractivity contribution >= 4 is 29.1 Å². The molecule has 1 aromatic rings. The highest BCUT2D eigenvalue weighted by molar-refractivity contribution is 6.42. The Hall–Kier alpha value is -0.810. The van der Waals surface area contributed by atoms with Crippen molar-refractivity contribution in [3.8, 4) is 0 Å². The Morgan fingerprint density at radius 3 is 2.50 bits per heavy atom. The van der Waals surface area contributed by atoms with E-state index in [1.54, 1.807) is 17.0 Å². The lowest BCUT2D eigenvalue weighted by Crippen LogP contribution is -2.76. The van der Waals surface area contributed by atoms with Gasteiger partial charge in [-0.2, -0.15) is 0 Å². The molecule has 0 spiro atoms. The number of benzene rings is 1. The van der Waals surface area contributed by atoms with Gasteiger partial charge < -0.3 is 15.4 Å². The topological polar surface area (TPSA) is 55.6 Å². The summed E-state index contributed by atoms with van der Waals surface area (Å²) in [5.41, 5.74) is 6.14. The Bertz CT molecular complexity index is 621. The third-order valence-corrected chi connectivity index (χ3v) is 5.98. The van der Waals surface area contributed by atoms with E-state index in [0.717, 1.165) is 5.56 Å². The van der Waals surface area contributed by atoms with Crippen molar-refractivity contribution in [3.05, 3.63) is 33.8 Å². The summed E-state index contributed by atoms with van der Waals surface area (Å²) in [4.78, 5) is 14.9. The second-order valence-corrected chi connectivity index (χ2v) is 7.72. The number of rotatable bonds is 6. The molecule has 0 aromatic heterocycles. The normalized spacial score (nSPS) is 25.2. The standard InChI is InChI=1S/C18H26Cl2N2O2/c1-5-22(11-12-7-8-13(19)14(20)9-12)16(23)18(21)10-15(24-6-2)17(18,3)4/h7-9,15H,5-6,10-11,21H2,1-4H3. The summed E-state index contributed by atoms with van der Waals surface area (Å²) in [6, 6.07) is 5.41. The fourth-order valence-electron chi connectivity index (χ4n) is 3.27. The highest BCUT2D eigenvalue weighted by Gasteiger charge is 2.63. The van der Waals surface area contributed by atoms with Crippen molar-refractivity contribution in [2.45, 2.75) is 52.3 Å². The lowest BCUT2D eigenvalue weighted by Gasteiger charge is -2.58. The molecule has 134 valence electrons. The maximum atomic E-state index is 13.1. The quantitative estimate of drug-likeness (QED) is 0.824.